The van der Waals surface area contributed by atoms with Gasteiger partial charge >= 0.3 is 0 Å². The average molecular weight is 353 g/mol. The van der Waals surface area contributed by atoms with Crippen molar-refractivity contribution < 1.29 is 4.79 Å². The van der Waals surface area contributed by atoms with Crippen molar-refractivity contribution >= 4 is 38.5 Å². The van der Waals surface area contributed by atoms with Crippen molar-refractivity contribution in [1.29, 1.82) is 0 Å². The normalized spacial score (nSPS) is 11.3. The summed E-state index contributed by atoms with van der Waals surface area (Å²) in [5.74, 6) is -0.313. The Labute approximate surface area is 146 Å². The molecule has 25 heavy (non-hydrogen) atoms. The third-order valence-corrected chi connectivity index (χ3v) is 4.96. The highest BCUT2D eigenvalue weighted by Crippen LogP contribution is 2.21. The van der Waals surface area contributed by atoms with Gasteiger partial charge in [0.2, 0.25) is 0 Å². The Hall–Kier alpha value is -3.00. The Morgan fingerprint density at radius 3 is 2.92 bits per heavy atom. The van der Waals surface area contributed by atoms with Gasteiger partial charge in [-0.25, -0.2) is 9.97 Å². The second kappa shape index (κ2) is 5.82. The van der Waals surface area contributed by atoms with Gasteiger partial charge < -0.3 is 5.32 Å². The summed E-state index contributed by atoms with van der Waals surface area (Å²) in [5.41, 5.74) is 2.06. The molecule has 0 radical (unpaired) electrons. The van der Waals surface area contributed by atoms with Crippen LogP contribution < -0.4 is 10.9 Å². The molecule has 0 fully saturated rings. The number of nitrogens with zero attached hydrogens (tertiary/aromatic N) is 3. The Balaban J connectivity index is 1.65. The number of aromatic nitrogens is 4. The van der Waals surface area contributed by atoms with Crippen LogP contribution in [0.15, 0.2) is 35.1 Å². The van der Waals surface area contributed by atoms with Gasteiger partial charge in [-0.05, 0) is 25.1 Å². The summed E-state index contributed by atoms with van der Waals surface area (Å²) in [5, 5.41) is 6.61. The van der Waals surface area contributed by atoms with E-state index in [9.17, 15) is 9.59 Å². The highest BCUT2D eigenvalue weighted by atomic mass is 32.1. The predicted octanol–water partition coefficient (Wildman–Crippen LogP) is 2.11. The van der Waals surface area contributed by atoms with Gasteiger partial charge in [-0.3, -0.25) is 19.4 Å². The molecule has 1 aromatic carbocycles. The van der Waals surface area contributed by atoms with Crippen molar-refractivity contribution in [3.8, 4) is 0 Å². The van der Waals surface area contributed by atoms with Crippen LogP contribution in [0.4, 0.5) is 0 Å². The number of amides is 1. The highest BCUT2D eigenvalue weighted by molar-refractivity contribution is 7.18. The van der Waals surface area contributed by atoms with E-state index in [4.69, 9.17) is 0 Å². The fraction of sp³-hybridized carbons (Fsp3) is 0.176. The van der Waals surface area contributed by atoms with Crippen LogP contribution in [0.1, 0.15) is 21.1 Å². The number of para-hydroxylation sites is 1. The summed E-state index contributed by atoms with van der Waals surface area (Å²) >= 11 is 1.54. The SMILES string of the molecule is Cc1cc(C(=O)NCc2nc3ccccc3s2)c2c(=O)[nH]n(C)c2n1. The van der Waals surface area contributed by atoms with Gasteiger partial charge in [-0.15, -0.1) is 11.3 Å². The quantitative estimate of drug-likeness (QED) is 0.590. The number of carbonyl (C=O) groups is 1. The standard InChI is InChI=1S/C17H15N5O2S/c1-9-7-10(14-15(19-9)22(2)21-17(14)24)16(23)18-8-13-20-11-5-3-4-6-12(11)25-13/h3-7H,8H2,1-2H3,(H,18,23)(H,21,24). The van der Waals surface area contributed by atoms with Crippen LogP contribution in [0.5, 0.6) is 0 Å². The van der Waals surface area contributed by atoms with E-state index in [0.717, 1.165) is 15.2 Å². The van der Waals surface area contributed by atoms with Gasteiger partial charge in [-0.2, -0.15) is 0 Å². The van der Waals surface area contributed by atoms with Crippen LogP contribution in [-0.2, 0) is 13.6 Å². The second-order valence-corrected chi connectivity index (χ2v) is 6.88. The van der Waals surface area contributed by atoms with Crippen LogP contribution in [-0.4, -0.2) is 25.7 Å². The minimum atomic E-state index is -0.324. The van der Waals surface area contributed by atoms with Gasteiger partial charge in [0.25, 0.3) is 11.5 Å². The number of fused-ring (bicyclic) bond motifs is 2. The van der Waals surface area contributed by atoms with Gasteiger partial charge in [0, 0.05) is 12.7 Å². The summed E-state index contributed by atoms with van der Waals surface area (Å²) in [6.07, 6.45) is 0. The van der Waals surface area contributed by atoms with Crippen molar-refractivity contribution in [3.63, 3.8) is 0 Å². The lowest BCUT2D eigenvalue weighted by molar-refractivity contribution is 0.0952. The molecule has 3 heterocycles. The van der Waals surface area contributed by atoms with Crippen molar-refractivity contribution in [1.82, 2.24) is 25.1 Å². The number of hydrogen-bond donors (Lipinski definition) is 2. The van der Waals surface area contributed by atoms with Crippen LogP contribution in [0.25, 0.3) is 21.3 Å². The highest BCUT2D eigenvalue weighted by Gasteiger charge is 2.18. The van der Waals surface area contributed by atoms with E-state index < -0.39 is 0 Å². The molecule has 0 saturated heterocycles. The number of thiazole rings is 1. The minimum absolute atomic E-state index is 0.301. The number of aromatic amines is 1. The fourth-order valence-corrected chi connectivity index (χ4v) is 3.72. The Morgan fingerprint density at radius 1 is 1.32 bits per heavy atom. The molecule has 0 atom stereocenters. The third-order valence-electron chi connectivity index (χ3n) is 3.93. The first-order valence-corrected chi connectivity index (χ1v) is 8.53. The largest absolute Gasteiger partial charge is 0.345 e. The average Bonchev–Trinajstić information content (AvgIpc) is 3.13. The molecule has 0 aliphatic heterocycles. The first-order chi connectivity index (χ1) is 12.0. The van der Waals surface area contributed by atoms with Crippen LogP contribution >= 0.6 is 11.3 Å². The number of carbonyl (C=O) groups excluding carboxylic acids is 1. The predicted molar refractivity (Wildman–Crippen MR) is 96.9 cm³/mol. The number of hydrogen-bond acceptors (Lipinski definition) is 5. The van der Waals surface area contributed by atoms with Crippen molar-refractivity contribution in [2.75, 3.05) is 0 Å². The summed E-state index contributed by atoms with van der Waals surface area (Å²) in [4.78, 5) is 33.6. The molecule has 0 bridgehead atoms. The molecule has 0 unspecified atom stereocenters. The number of H-pyrrole nitrogens is 1. The van der Waals surface area contributed by atoms with Crippen molar-refractivity contribution in [2.24, 2.45) is 7.05 Å². The third kappa shape index (κ3) is 2.70. The van der Waals surface area contributed by atoms with E-state index in [2.05, 4.69) is 20.4 Å². The summed E-state index contributed by atoms with van der Waals surface area (Å²) in [6, 6.07) is 9.46. The van der Waals surface area contributed by atoms with E-state index in [1.807, 2.05) is 24.3 Å². The zero-order valence-electron chi connectivity index (χ0n) is 13.7. The fourth-order valence-electron chi connectivity index (χ4n) is 2.81. The van der Waals surface area contributed by atoms with Gasteiger partial charge in [-0.1, -0.05) is 12.1 Å². The smallest absolute Gasteiger partial charge is 0.274 e. The minimum Gasteiger partial charge on any atom is -0.345 e. The van der Waals surface area contributed by atoms with E-state index in [1.54, 1.807) is 20.0 Å². The number of pyridine rings is 1. The zero-order valence-corrected chi connectivity index (χ0v) is 14.5. The zero-order chi connectivity index (χ0) is 17.6. The van der Waals surface area contributed by atoms with Crippen molar-refractivity contribution in [2.45, 2.75) is 13.5 Å². The number of benzene rings is 1. The van der Waals surface area contributed by atoms with Crippen LogP contribution in [0, 0.1) is 6.92 Å². The Bertz CT molecular complexity index is 1140. The topological polar surface area (TPSA) is 92.7 Å². The lowest BCUT2D eigenvalue weighted by atomic mass is 10.1. The summed E-state index contributed by atoms with van der Waals surface area (Å²) < 4.78 is 2.60. The Morgan fingerprint density at radius 2 is 2.12 bits per heavy atom. The molecule has 3 aromatic heterocycles. The van der Waals surface area contributed by atoms with E-state index in [-0.39, 0.29) is 11.5 Å². The maximum Gasteiger partial charge on any atom is 0.274 e. The molecule has 4 aromatic rings. The molecule has 4 rings (SSSR count). The molecule has 126 valence electrons. The first kappa shape index (κ1) is 15.5. The van der Waals surface area contributed by atoms with Gasteiger partial charge in [0.1, 0.15) is 5.01 Å². The summed E-state index contributed by atoms with van der Waals surface area (Å²) in [7, 11) is 1.69. The molecular weight excluding hydrogens is 338 g/mol. The maximum absolute atomic E-state index is 12.6. The van der Waals surface area contributed by atoms with Crippen LogP contribution in [0.3, 0.4) is 0 Å². The number of nitrogens with one attached hydrogen (secondary N) is 2. The van der Waals surface area contributed by atoms with E-state index in [1.165, 1.54) is 16.0 Å². The first-order valence-electron chi connectivity index (χ1n) is 7.72. The molecular formula is C17H15N5O2S. The molecule has 0 spiro atoms. The van der Waals surface area contributed by atoms with E-state index in [0.29, 0.717) is 28.8 Å². The Kier molecular flexibility index (Phi) is 3.61. The lowest BCUT2D eigenvalue weighted by Gasteiger charge is -2.05. The number of aryl methyl sites for hydroxylation is 2. The molecule has 0 aliphatic rings. The summed E-state index contributed by atoms with van der Waals surface area (Å²) in [6.45, 7) is 2.10. The maximum atomic E-state index is 12.6. The molecule has 0 saturated carbocycles. The monoisotopic (exact) mass is 353 g/mol. The van der Waals surface area contributed by atoms with Gasteiger partial charge in [0.05, 0.1) is 27.7 Å². The molecule has 0 aliphatic carbocycles. The molecule has 7 nitrogen and oxygen atoms in total. The van der Waals surface area contributed by atoms with Gasteiger partial charge in [0.15, 0.2) is 5.65 Å². The molecule has 8 heteroatoms. The van der Waals surface area contributed by atoms with Crippen molar-refractivity contribution in [3.05, 3.63) is 57.0 Å². The van der Waals surface area contributed by atoms with Crippen LogP contribution in [0.2, 0.25) is 0 Å². The molecule has 2 N–H and O–H groups in total. The number of rotatable bonds is 3. The van der Waals surface area contributed by atoms with E-state index >= 15 is 0 Å². The second-order valence-electron chi connectivity index (χ2n) is 5.77. The lowest BCUT2D eigenvalue weighted by Crippen LogP contribution is -2.24. The molecule has 1 amide bonds.